The molecule has 1 atom stereocenters. The lowest BCUT2D eigenvalue weighted by Gasteiger charge is -2.34. The van der Waals surface area contributed by atoms with Crippen molar-refractivity contribution in [3.8, 4) is 11.5 Å². The van der Waals surface area contributed by atoms with Crippen LogP contribution in [0.15, 0.2) is 95.9 Å². The van der Waals surface area contributed by atoms with Gasteiger partial charge in [0.2, 0.25) is 11.8 Å². The Morgan fingerprint density at radius 2 is 1.45 bits per heavy atom. The Bertz CT molecular complexity index is 1830. The predicted octanol–water partition coefficient (Wildman–Crippen LogP) is 6.07. The molecule has 0 saturated heterocycles. The predicted molar refractivity (Wildman–Crippen MR) is 189 cm³/mol. The number of ether oxygens (including phenoxy) is 2. The zero-order valence-corrected chi connectivity index (χ0v) is 29.6. The fraction of sp³-hybridized carbons (Fsp3) is 0.316. The lowest BCUT2D eigenvalue weighted by Crippen LogP contribution is -2.53. The highest BCUT2D eigenvalue weighted by atomic mass is 32.2. The molecule has 4 aromatic rings. The van der Waals surface area contributed by atoms with Gasteiger partial charge in [-0.2, -0.15) is 0 Å². The van der Waals surface area contributed by atoms with Crippen LogP contribution in [0.3, 0.4) is 0 Å². The first kappa shape index (κ1) is 36.9. The summed E-state index contributed by atoms with van der Waals surface area (Å²) >= 11 is 0. The van der Waals surface area contributed by atoms with Crippen LogP contribution < -0.4 is 19.1 Å². The van der Waals surface area contributed by atoms with Crippen LogP contribution in [0, 0.1) is 25.6 Å². The summed E-state index contributed by atoms with van der Waals surface area (Å²) in [4.78, 5) is 29.9. The average Bonchev–Trinajstić information content (AvgIpc) is 3.07. The molecule has 1 N–H and O–H groups in total. The van der Waals surface area contributed by atoms with Crippen molar-refractivity contribution < 1.29 is 31.9 Å². The number of hydrogen-bond donors (Lipinski definition) is 1. The number of carbonyl (C=O) groups is 2. The van der Waals surface area contributed by atoms with E-state index in [9.17, 15) is 22.4 Å². The van der Waals surface area contributed by atoms with E-state index in [1.807, 2.05) is 64.1 Å². The van der Waals surface area contributed by atoms with Crippen LogP contribution in [0.1, 0.15) is 36.1 Å². The summed E-state index contributed by atoms with van der Waals surface area (Å²) in [5.41, 5.74) is 3.27. The summed E-state index contributed by atoms with van der Waals surface area (Å²) in [6, 6.07) is 23.5. The molecule has 4 aromatic carbocycles. The number of sulfonamides is 1. The number of benzene rings is 4. The molecule has 9 nitrogen and oxygen atoms in total. The van der Waals surface area contributed by atoms with Crippen LogP contribution in [-0.2, 0) is 32.6 Å². The highest BCUT2D eigenvalue weighted by Crippen LogP contribution is 2.33. The van der Waals surface area contributed by atoms with Crippen LogP contribution in [0.4, 0.5) is 10.1 Å². The number of nitrogens with zero attached hydrogens (tertiary/aromatic N) is 2. The standard InChI is InChI=1S/C38H44FN3O6S/c1-26(2)23-40-38(44)34(21-29-10-8-7-9-11-29)41(24-30-12-14-31(39)15-13-30)37(43)25-42(32-19-27(3)18-28(4)20-32)49(45,46)33-16-17-35(47-5)36(22-33)48-6/h7-20,22,26,34H,21,23-25H2,1-6H3,(H,40,44)/t34-/m0/s1. The lowest BCUT2D eigenvalue weighted by atomic mass is 10.0. The molecule has 0 radical (unpaired) electrons. The summed E-state index contributed by atoms with van der Waals surface area (Å²) < 4.78 is 54.7. The number of aryl methyl sites for hydroxylation is 2. The van der Waals surface area contributed by atoms with Crippen LogP contribution >= 0.6 is 0 Å². The van der Waals surface area contributed by atoms with Gasteiger partial charge in [0.1, 0.15) is 18.4 Å². The Balaban J connectivity index is 1.84. The molecule has 0 spiro atoms. The minimum absolute atomic E-state index is 0.0667. The van der Waals surface area contributed by atoms with Crippen molar-refractivity contribution in [2.75, 3.05) is 31.6 Å². The van der Waals surface area contributed by atoms with Crippen LogP contribution in [0.25, 0.3) is 0 Å². The van der Waals surface area contributed by atoms with Crippen LogP contribution in [0.2, 0.25) is 0 Å². The smallest absolute Gasteiger partial charge is 0.264 e. The summed E-state index contributed by atoms with van der Waals surface area (Å²) in [6.45, 7) is 7.31. The van der Waals surface area contributed by atoms with Gasteiger partial charge in [0.05, 0.1) is 24.8 Å². The number of rotatable bonds is 15. The molecule has 11 heteroatoms. The minimum Gasteiger partial charge on any atom is -0.493 e. The number of anilines is 1. The first-order valence-corrected chi connectivity index (χ1v) is 17.4. The molecule has 49 heavy (non-hydrogen) atoms. The van der Waals surface area contributed by atoms with Crippen molar-refractivity contribution in [1.29, 1.82) is 0 Å². The zero-order chi connectivity index (χ0) is 35.7. The van der Waals surface area contributed by atoms with Crippen molar-refractivity contribution in [3.63, 3.8) is 0 Å². The van der Waals surface area contributed by atoms with Gasteiger partial charge in [0.25, 0.3) is 10.0 Å². The zero-order valence-electron chi connectivity index (χ0n) is 28.8. The molecule has 0 aromatic heterocycles. The second-order valence-electron chi connectivity index (χ2n) is 12.4. The third-order valence-corrected chi connectivity index (χ3v) is 9.71. The van der Waals surface area contributed by atoms with E-state index in [1.165, 1.54) is 49.5 Å². The van der Waals surface area contributed by atoms with Crippen LogP contribution in [-0.4, -0.2) is 58.5 Å². The number of amides is 2. The highest BCUT2D eigenvalue weighted by Gasteiger charge is 2.35. The summed E-state index contributed by atoms with van der Waals surface area (Å²) in [5, 5.41) is 2.96. The van der Waals surface area contributed by atoms with Gasteiger partial charge in [-0.3, -0.25) is 13.9 Å². The van der Waals surface area contributed by atoms with Gasteiger partial charge in [-0.05, 0) is 78.4 Å². The fourth-order valence-corrected chi connectivity index (χ4v) is 6.90. The molecule has 0 heterocycles. The quantitative estimate of drug-likeness (QED) is 0.163. The SMILES string of the molecule is COc1ccc(S(=O)(=O)N(CC(=O)N(Cc2ccc(F)cc2)[C@@H](Cc2ccccc2)C(=O)NCC(C)C)c2cc(C)cc(C)c2)cc1OC. The first-order valence-electron chi connectivity index (χ1n) is 16.0. The molecule has 0 aliphatic rings. The van der Waals surface area contributed by atoms with Gasteiger partial charge in [-0.15, -0.1) is 0 Å². The van der Waals surface area contributed by atoms with Crippen molar-refractivity contribution in [1.82, 2.24) is 10.2 Å². The maximum absolute atomic E-state index is 14.7. The molecule has 0 fully saturated rings. The third kappa shape index (κ3) is 9.60. The number of nitrogens with one attached hydrogen (secondary N) is 1. The van der Waals surface area contributed by atoms with E-state index in [2.05, 4.69) is 5.32 Å². The van der Waals surface area contributed by atoms with E-state index in [-0.39, 0.29) is 41.1 Å². The van der Waals surface area contributed by atoms with Gasteiger partial charge in [-0.1, -0.05) is 62.4 Å². The Labute approximate surface area is 288 Å². The molecule has 0 saturated carbocycles. The number of carbonyl (C=O) groups excluding carboxylic acids is 2. The third-order valence-electron chi connectivity index (χ3n) is 7.94. The molecular formula is C38H44FN3O6S. The monoisotopic (exact) mass is 689 g/mol. The van der Waals surface area contributed by atoms with Gasteiger partial charge in [0, 0.05) is 25.6 Å². The van der Waals surface area contributed by atoms with Gasteiger partial charge in [0.15, 0.2) is 11.5 Å². The van der Waals surface area contributed by atoms with Gasteiger partial charge in [-0.25, -0.2) is 12.8 Å². The maximum Gasteiger partial charge on any atom is 0.264 e. The first-order chi connectivity index (χ1) is 23.3. The number of halogens is 1. The van der Waals surface area contributed by atoms with Crippen LogP contribution in [0.5, 0.6) is 11.5 Å². The molecule has 0 aliphatic carbocycles. The summed E-state index contributed by atoms with van der Waals surface area (Å²) in [5.74, 6) is -0.745. The van der Waals surface area contributed by atoms with E-state index in [0.29, 0.717) is 17.9 Å². The molecule has 260 valence electrons. The Morgan fingerprint density at radius 3 is 2.04 bits per heavy atom. The Kier molecular flexibility index (Phi) is 12.4. The number of hydrogen-bond acceptors (Lipinski definition) is 6. The second-order valence-corrected chi connectivity index (χ2v) is 14.2. The molecule has 0 unspecified atom stereocenters. The van der Waals surface area contributed by atoms with E-state index >= 15 is 0 Å². The highest BCUT2D eigenvalue weighted by molar-refractivity contribution is 7.92. The molecular weight excluding hydrogens is 645 g/mol. The van der Waals surface area contributed by atoms with Crippen molar-refractivity contribution in [3.05, 3.63) is 119 Å². The van der Waals surface area contributed by atoms with Crippen molar-refractivity contribution in [2.24, 2.45) is 5.92 Å². The number of methoxy groups -OCH3 is 2. The summed E-state index contributed by atoms with van der Waals surface area (Å²) in [6.07, 6.45) is 0.170. The normalized spacial score (nSPS) is 11.9. The minimum atomic E-state index is -4.38. The van der Waals surface area contributed by atoms with Gasteiger partial charge < -0.3 is 19.7 Å². The van der Waals surface area contributed by atoms with Crippen molar-refractivity contribution in [2.45, 2.75) is 51.6 Å². The van der Waals surface area contributed by atoms with E-state index < -0.39 is 34.3 Å². The van der Waals surface area contributed by atoms with E-state index in [0.717, 1.165) is 21.0 Å². The van der Waals surface area contributed by atoms with E-state index in [1.54, 1.807) is 24.3 Å². The molecule has 4 rings (SSSR count). The average molecular weight is 690 g/mol. The second kappa shape index (κ2) is 16.5. The maximum atomic E-state index is 14.7. The van der Waals surface area contributed by atoms with Gasteiger partial charge >= 0.3 is 0 Å². The largest absolute Gasteiger partial charge is 0.493 e. The Hall–Kier alpha value is -4.90. The fourth-order valence-electron chi connectivity index (χ4n) is 5.49. The Morgan fingerprint density at radius 1 is 0.816 bits per heavy atom. The van der Waals surface area contributed by atoms with Crippen molar-refractivity contribution >= 4 is 27.5 Å². The molecule has 0 bridgehead atoms. The molecule has 2 amide bonds. The lowest BCUT2D eigenvalue weighted by molar-refractivity contribution is -0.140. The summed E-state index contributed by atoms with van der Waals surface area (Å²) in [7, 11) is -1.52. The van der Waals surface area contributed by atoms with E-state index in [4.69, 9.17) is 9.47 Å². The topological polar surface area (TPSA) is 105 Å². The molecule has 0 aliphatic heterocycles.